The Bertz CT molecular complexity index is 575. The van der Waals surface area contributed by atoms with E-state index in [4.69, 9.17) is 22.2 Å². The minimum Gasteiger partial charge on any atom is -0.493 e. The van der Waals surface area contributed by atoms with Crippen LogP contribution in [0.1, 0.15) is 11.7 Å². The molecule has 3 N–H and O–H groups in total. The topological polar surface area (TPSA) is 65.1 Å². The van der Waals surface area contributed by atoms with Crippen LogP contribution < -0.4 is 16.0 Å². The molecule has 108 valence electrons. The number of rotatable bonds is 6. The van der Waals surface area contributed by atoms with Crippen molar-refractivity contribution >= 4 is 23.4 Å². The van der Waals surface area contributed by atoms with Crippen LogP contribution in [0, 0.1) is 0 Å². The molecule has 1 atom stereocenters. The molecule has 0 spiro atoms. The second-order valence-electron chi connectivity index (χ2n) is 4.21. The highest BCUT2D eigenvalue weighted by molar-refractivity contribution is 7.99. The summed E-state index contributed by atoms with van der Waals surface area (Å²) in [4.78, 5) is 1.10. The van der Waals surface area contributed by atoms with Gasteiger partial charge in [-0.25, -0.2) is 0 Å². The number of nitrogens with two attached hydrogens (primary N) is 1. The van der Waals surface area contributed by atoms with Crippen molar-refractivity contribution in [1.29, 1.82) is 0 Å². The van der Waals surface area contributed by atoms with E-state index in [0.29, 0.717) is 0 Å². The maximum Gasteiger partial charge on any atom is 0.161 e. The monoisotopic (exact) mass is 312 g/mol. The first-order valence-electron chi connectivity index (χ1n) is 6.06. The molecule has 7 heteroatoms. The highest BCUT2D eigenvalue weighted by Gasteiger charge is 2.19. The second kappa shape index (κ2) is 6.99. The molecule has 2 aromatic rings. The number of aryl methyl sites for hydroxylation is 1. The number of hydrogen-bond donors (Lipinski definition) is 2. The lowest BCUT2D eigenvalue weighted by molar-refractivity contribution is 0.399. The van der Waals surface area contributed by atoms with E-state index in [1.165, 1.54) is 0 Å². The predicted octanol–water partition coefficient (Wildman–Crippen LogP) is 2.38. The average Bonchev–Trinajstić information content (AvgIpc) is 2.81. The van der Waals surface area contributed by atoms with Crippen LogP contribution in [0.25, 0.3) is 0 Å². The van der Waals surface area contributed by atoms with E-state index in [9.17, 15) is 0 Å². The van der Waals surface area contributed by atoms with E-state index in [-0.39, 0.29) is 6.04 Å². The Balaban J connectivity index is 2.11. The Hall–Kier alpha value is -1.21. The van der Waals surface area contributed by atoms with Gasteiger partial charge in [0.05, 0.1) is 25.0 Å². The third-order valence-electron chi connectivity index (χ3n) is 2.91. The van der Waals surface area contributed by atoms with Crippen molar-refractivity contribution in [3.8, 4) is 5.75 Å². The highest BCUT2D eigenvalue weighted by Crippen LogP contribution is 2.30. The van der Waals surface area contributed by atoms with E-state index in [1.54, 1.807) is 29.8 Å². The summed E-state index contributed by atoms with van der Waals surface area (Å²) < 4.78 is 7.08. The number of halogens is 1. The van der Waals surface area contributed by atoms with Crippen molar-refractivity contribution in [3.05, 3.63) is 41.2 Å². The SMILES string of the molecule is COc1cnn(C)c1C(CSc1cccc(Cl)c1)NN. The van der Waals surface area contributed by atoms with Crippen LogP contribution in [0.4, 0.5) is 0 Å². The van der Waals surface area contributed by atoms with Crippen molar-refractivity contribution in [2.45, 2.75) is 10.9 Å². The lowest BCUT2D eigenvalue weighted by Crippen LogP contribution is -2.31. The summed E-state index contributed by atoms with van der Waals surface area (Å²) in [6, 6.07) is 7.67. The van der Waals surface area contributed by atoms with Crippen LogP contribution in [0.3, 0.4) is 0 Å². The summed E-state index contributed by atoms with van der Waals surface area (Å²) in [7, 11) is 3.49. The van der Waals surface area contributed by atoms with Gasteiger partial charge in [0.25, 0.3) is 0 Å². The summed E-state index contributed by atoms with van der Waals surface area (Å²) in [5.74, 6) is 7.13. The molecule has 1 heterocycles. The van der Waals surface area contributed by atoms with Crippen molar-refractivity contribution in [3.63, 3.8) is 0 Å². The van der Waals surface area contributed by atoms with Gasteiger partial charge in [-0.05, 0) is 18.2 Å². The Kier molecular flexibility index (Phi) is 5.31. The quantitative estimate of drug-likeness (QED) is 0.487. The Labute approximate surface area is 127 Å². The Morgan fingerprint density at radius 2 is 2.35 bits per heavy atom. The third-order valence-corrected chi connectivity index (χ3v) is 4.24. The van der Waals surface area contributed by atoms with Gasteiger partial charge in [-0.15, -0.1) is 11.8 Å². The van der Waals surface area contributed by atoms with Crippen LogP contribution in [0.2, 0.25) is 5.02 Å². The zero-order valence-corrected chi connectivity index (χ0v) is 12.9. The molecule has 0 saturated carbocycles. The molecule has 0 aliphatic heterocycles. The fourth-order valence-electron chi connectivity index (χ4n) is 1.92. The fraction of sp³-hybridized carbons (Fsp3) is 0.308. The van der Waals surface area contributed by atoms with Gasteiger partial charge < -0.3 is 4.74 Å². The Morgan fingerprint density at radius 3 is 3.00 bits per heavy atom. The molecular weight excluding hydrogens is 296 g/mol. The molecule has 1 unspecified atom stereocenters. The maximum atomic E-state index is 5.98. The first-order chi connectivity index (χ1) is 9.65. The lowest BCUT2D eigenvalue weighted by Gasteiger charge is -2.17. The standard InChI is InChI=1S/C13H17ClN4OS/c1-18-13(12(19-2)7-16-18)11(17-15)8-20-10-5-3-4-9(14)6-10/h3-7,11,17H,8,15H2,1-2H3. The van der Waals surface area contributed by atoms with Crippen molar-refractivity contribution in [2.75, 3.05) is 12.9 Å². The molecule has 0 fully saturated rings. The molecule has 0 bridgehead atoms. The summed E-state index contributed by atoms with van der Waals surface area (Å²) in [6.07, 6.45) is 1.68. The molecule has 1 aromatic heterocycles. The summed E-state index contributed by atoms with van der Waals surface area (Å²) >= 11 is 7.65. The first-order valence-corrected chi connectivity index (χ1v) is 7.42. The number of nitrogens with zero attached hydrogens (tertiary/aromatic N) is 2. The highest BCUT2D eigenvalue weighted by atomic mass is 35.5. The summed E-state index contributed by atoms with van der Waals surface area (Å²) in [6.45, 7) is 0. The van der Waals surface area contributed by atoms with Gasteiger partial charge in [0.2, 0.25) is 0 Å². The van der Waals surface area contributed by atoms with E-state index in [2.05, 4.69) is 10.5 Å². The van der Waals surface area contributed by atoms with Gasteiger partial charge in [0, 0.05) is 22.7 Å². The third kappa shape index (κ3) is 3.46. The molecule has 1 aromatic carbocycles. The molecule has 0 amide bonds. The number of thioether (sulfide) groups is 1. The smallest absolute Gasteiger partial charge is 0.161 e. The Morgan fingerprint density at radius 1 is 1.55 bits per heavy atom. The van der Waals surface area contributed by atoms with Gasteiger partial charge in [-0.1, -0.05) is 17.7 Å². The molecule has 0 aliphatic rings. The molecule has 5 nitrogen and oxygen atoms in total. The van der Waals surface area contributed by atoms with Crippen LogP contribution in [-0.4, -0.2) is 22.6 Å². The van der Waals surface area contributed by atoms with E-state index < -0.39 is 0 Å². The molecular formula is C13H17ClN4OS. The van der Waals surface area contributed by atoms with Gasteiger partial charge in [0.15, 0.2) is 5.75 Å². The zero-order chi connectivity index (χ0) is 14.5. The summed E-state index contributed by atoms with van der Waals surface area (Å²) in [5, 5.41) is 4.92. The number of aromatic nitrogens is 2. The molecule has 0 saturated heterocycles. The maximum absolute atomic E-state index is 5.98. The van der Waals surface area contributed by atoms with Gasteiger partial charge in [-0.2, -0.15) is 5.10 Å². The van der Waals surface area contributed by atoms with Gasteiger partial charge in [-0.3, -0.25) is 16.0 Å². The molecule has 0 aliphatic carbocycles. The number of hydrogen-bond acceptors (Lipinski definition) is 5. The number of ether oxygens (including phenoxy) is 1. The van der Waals surface area contributed by atoms with Gasteiger partial charge in [0.1, 0.15) is 0 Å². The molecule has 20 heavy (non-hydrogen) atoms. The fourth-order valence-corrected chi connectivity index (χ4v) is 3.18. The number of nitrogens with one attached hydrogen (secondary N) is 1. The first kappa shape index (κ1) is 15.2. The number of hydrazine groups is 1. The predicted molar refractivity (Wildman–Crippen MR) is 82.0 cm³/mol. The van der Waals surface area contributed by atoms with Crippen molar-refractivity contribution < 1.29 is 4.74 Å². The zero-order valence-electron chi connectivity index (χ0n) is 11.3. The van der Waals surface area contributed by atoms with Crippen molar-refractivity contribution in [1.82, 2.24) is 15.2 Å². The number of methoxy groups -OCH3 is 1. The summed E-state index contributed by atoms with van der Waals surface area (Å²) in [5.41, 5.74) is 3.73. The van der Waals surface area contributed by atoms with E-state index >= 15 is 0 Å². The largest absolute Gasteiger partial charge is 0.493 e. The van der Waals surface area contributed by atoms with Crippen LogP contribution in [0.5, 0.6) is 5.75 Å². The van der Waals surface area contributed by atoms with E-state index in [1.807, 2.05) is 31.3 Å². The van der Waals surface area contributed by atoms with Crippen molar-refractivity contribution in [2.24, 2.45) is 12.9 Å². The van der Waals surface area contributed by atoms with E-state index in [0.717, 1.165) is 27.1 Å². The average molecular weight is 313 g/mol. The van der Waals surface area contributed by atoms with Crippen LogP contribution in [0.15, 0.2) is 35.4 Å². The van der Waals surface area contributed by atoms with Gasteiger partial charge >= 0.3 is 0 Å². The van der Waals surface area contributed by atoms with Crippen LogP contribution >= 0.6 is 23.4 Å². The minimum atomic E-state index is -0.0681. The van der Waals surface area contributed by atoms with Crippen LogP contribution in [-0.2, 0) is 7.05 Å². The minimum absolute atomic E-state index is 0.0681. The number of benzene rings is 1. The second-order valence-corrected chi connectivity index (χ2v) is 5.74. The normalized spacial score (nSPS) is 12.4. The molecule has 0 radical (unpaired) electrons. The molecule has 2 rings (SSSR count). The lowest BCUT2D eigenvalue weighted by atomic mass is 10.2.